The van der Waals surface area contributed by atoms with Gasteiger partial charge in [0.2, 0.25) is 11.8 Å². The maximum atomic E-state index is 13.2. The summed E-state index contributed by atoms with van der Waals surface area (Å²) in [6, 6.07) is 28.3. The summed E-state index contributed by atoms with van der Waals surface area (Å²) in [6.07, 6.45) is 2.54. The fraction of sp³-hybridized carbons (Fsp3) is 0.273. The zero-order chi connectivity index (χ0) is 28.8. The number of carbonyl (C=O) groups is 2. The fourth-order valence-electron chi connectivity index (χ4n) is 5.41. The van der Waals surface area contributed by atoms with Crippen LogP contribution >= 0.6 is 23.2 Å². The molecule has 1 atom stereocenters. The summed E-state index contributed by atoms with van der Waals surface area (Å²) in [7, 11) is 0. The molecule has 1 fully saturated rings. The quantitative estimate of drug-likeness (QED) is 0.211. The lowest BCUT2D eigenvalue weighted by Gasteiger charge is -2.27. The van der Waals surface area contributed by atoms with Gasteiger partial charge in [0.05, 0.1) is 22.6 Å². The minimum absolute atomic E-state index is 0.0291. The smallest absolute Gasteiger partial charge is 0.236 e. The van der Waals surface area contributed by atoms with E-state index in [0.717, 1.165) is 36.3 Å². The van der Waals surface area contributed by atoms with E-state index in [0.29, 0.717) is 22.3 Å². The Labute approximate surface area is 251 Å². The number of hydrogen-bond acceptors (Lipinski definition) is 4. The Kier molecular flexibility index (Phi) is 9.45. The molecule has 0 aliphatic carbocycles. The van der Waals surface area contributed by atoms with Crippen molar-refractivity contribution >= 4 is 51.5 Å². The van der Waals surface area contributed by atoms with E-state index in [4.69, 9.17) is 28.9 Å². The van der Waals surface area contributed by atoms with Gasteiger partial charge in [-0.3, -0.25) is 9.59 Å². The summed E-state index contributed by atoms with van der Waals surface area (Å²) < 4.78 is 0. The first-order chi connectivity index (χ1) is 19.9. The summed E-state index contributed by atoms with van der Waals surface area (Å²) in [4.78, 5) is 29.1. The van der Waals surface area contributed by atoms with Crippen molar-refractivity contribution in [3.63, 3.8) is 0 Å². The molecule has 8 heteroatoms. The van der Waals surface area contributed by atoms with Gasteiger partial charge in [0, 0.05) is 25.2 Å². The van der Waals surface area contributed by atoms with Gasteiger partial charge in [-0.05, 0) is 77.7 Å². The number of amides is 2. The predicted octanol–water partition coefficient (Wildman–Crippen LogP) is 6.45. The van der Waals surface area contributed by atoms with Crippen LogP contribution in [0.25, 0.3) is 21.9 Å². The molecular formula is C33H34Cl2N4O2. The number of nitrogens with two attached hydrogens (primary N) is 1. The molecule has 3 N–H and O–H groups in total. The molecule has 41 heavy (non-hydrogen) atoms. The molecular weight excluding hydrogens is 555 g/mol. The van der Waals surface area contributed by atoms with Gasteiger partial charge in [-0.15, -0.1) is 0 Å². The van der Waals surface area contributed by atoms with Gasteiger partial charge < -0.3 is 20.9 Å². The molecule has 0 radical (unpaired) electrons. The number of anilines is 1. The Hall–Kier alpha value is -3.58. The predicted molar refractivity (Wildman–Crippen MR) is 168 cm³/mol. The second kappa shape index (κ2) is 13.4. The van der Waals surface area contributed by atoms with Gasteiger partial charge in [-0.25, -0.2) is 0 Å². The van der Waals surface area contributed by atoms with Crippen molar-refractivity contribution in [2.75, 3.05) is 37.6 Å². The first kappa shape index (κ1) is 28.9. The Balaban J connectivity index is 1.29. The Morgan fingerprint density at radius 2 is 1.56 bits per heavy atom. The monoisotopic (exact) mass is 588 g/mol. The van der Waals surface area contributed by atoms with E-state index in [1.165, 1.54) is 23.6 Å². The van der Waals surface area contributed by atoms with Crippen LogP contribution in [0.15, 0.2) is 84.9 Å². The van der Waals surface area contributed by atoms with E-state index in [-0.39, 0.29) is 24.9 Å². The van der Waals surface area contributed by atoms with Crippen molar-refractivity contribution in [2.45, 2.75) is 25.3 Å². The number of fused-ring (bicyclic) bond motifs is 1. The molecule has 2 amide bonds. The second-order valence-corrected chi connectivity index (χ2v) is 11.4. The third kappa shape index (κ3) is 7.59. The first-order valence-electron chi connectivity index (χ1n) is 13.9. The fourth-order valence-corrected chi connectivity index (χ4v) is 5.70. The van der Waals surface area contributed by atoms with Crippen LogP contribution < -0.4 is 16.0 Å². The van der Waals surface area contributed by atoms with Crippen molar-refractivity contribution < 1.29 is 9.59 Å². The zero-order valence-corrected chi connectivity index (χ0v) is 24.4. The third-order valence-electron chi connectivity index (χ3n) is 7.59. The molecule has 212 valence electrons. The van der Waals surface area contributed by atoms with E-state index < -0.39 is 5.91 Å². The van der Waals surface area contributed by atoms with Crippen LogP contribution in [-0.4, -0.2) is 49.4 Å². The summed E-state index contributed by atoms with van der Waals surface area (Å²) in [5, 5.41) is 6.47. The SMILES string of the molecule is NC(=O)CN(CCC(=O)NC(CN1CCCC1)c1ccc(-c2ccc3ccccc3c2)cc1)c1ccc(Cl)c(Cl)c1. The Morgan fingerprint density at radius 1 is 0.854 bits per heavy atom. The van der Waals surface area contributed by atoms with Crippen LogP contribution in [0.2, 0.25) is 10.0 Å². The van der Waals surface area contributed by atoms with Crippen molar-refractivity contribution in [1.82, 2.24) is 10.2 Å². The highest BCUT2D eigenvalue weighted by Crippen LogP contribution is 2.28. The first-order valence-corrected chi connectivity index (χ1v) is 14.7. The molecule has 4 aromatic carbocycles. The van der Waals surface area contributed by atoms with Gasteiger partial charge >= 0.3 is 0 Å². The van der Waals surface area contributed by atoms with Crippen molar-refractivity contribution in [3.05, 3.63) is 101 Å². The molecule has 0 spiro atoms. The topological polar surface area (TPSA) is 78.7 Å². The Morgan fingerprint density at radius 3 is 2.27 bits per heavy atom. The zero-order valence-electron chi connectivity index (χ0n) is 22.9. The molecule has 0 bridgehead atoms. The largest absolute Gasteiger partial charge is 0.368 e. The Bertz CT molecular complexity index is 1520. The molecule has 1 aliphatic heterocycles. The lowest BCUT2D eigenvalue weighted by Crippen LogP contribution is -2.40. The molecule has 0 aromatic heterocycles. The highest BCUT2D eigenvalue weighted by molar-refractivity contribution is 6.42. The molecule has 1 aliphatic rings. The normalized spacial score (nSPS) is 14.2. The van der Waals surface area contributed by atoms with E-state index in [1.54, 1.807) is 23.1 Å². The van der Waals surface area contributed by atoms with Crippen LogP contribution in [0.5, 0.6) is 0 Å². The summed E-state index contributed by atoms with van der Waals surface area (Å²) in [5.41, 5.74) is 9.53. The minimum atomic E-state index is -0.491. The highest BCUT2D eigenvalue weighted by Gasteiger charge is 2.22. The van der Waals surface area contributed by atoms with E-state index in [1.807, 2.05) is 6.07 Å². The number of halogens is 2. The van der Waals surface area contributed by atoms with Crippen LogP contribution in [0.4, 0.5) is 5.69 Å². The van der Waals surface area contributed by atoms with Crippen LogP contribution in [-0.2, 0) is 9.59 Å². The molecule has 1 saturated heterocycles. The van der Waals surface area contributed by atoms with Crippen molar-refractivity contribution in [2.24, 2.45) is 5.73 Å². The summed E-state index contributed by atoms with van der Waals surface area (Å²) in [5.74, 6) is -0.586. The standard InChI is InChI=1S/C33H34Cl2N4O2/c34-29-14-13-28(20-30(29)35)39(22-32(36)40)18-15-33(41)37-31(21-38-16-3-4-17-38)25-10-7-24(8-11-25)27-12-9-23-5-1-2-6-26(23)19-27/h1-2,5-14,19-20,31H,3-4,15-18,21-22H2,(H2,36,40)(H,37,41). The molecule has 0 saturated carbocycles. The molecule has 1 heterocycles. The van der Waals surface area contributed by atoms with Gasteiger partial charge in [0.25, 0.3) is 0 Å². The maximum absolute atomic E-state index is 13.2. The lowest BCUT2D eigenvalue weighted by atomic mass is 9.98. The number of carbonyl (C=O) groups excluding carboxylic acids is 2. The number of nitrogens with zero attached hydrogens (tertiary/aromatic N) is 2. The van der Waals surface area contributed by atoms with Gasteiger partial charge in [0.15, 0.2) is 0 Å². The number of benzene rings is 4. The average molecular weight is 590 g/mol. The van der Waals surface area contributed by atoms with Crippen LogP contribution in [0.3, 0.4) is 0 Å². The number of rotatable bonds is 11. The summed E-state index contributed by atoms with van der Waals surface area (Å²) in [6.45, 7) is 3.10. The average Bonchev–Trinajstić information content (AvgIpc) is 3.49. The number of nitrogens with one attached hydrogen (secondary N) is 1. The number of likely N-dealkylation sites (tertiary alicyclic amines) is 1. The minimum Gasteiger partial charge on any atom is -0.368 e. The molecule has 4 aromatic rings. The van der Waals surface area contributed by atoms with Crippen molar-refractivity contribution in [1.29, 1.82) is 0 Å². The number of hydrogen-bond donors (Lipinski definition) is 2. The van der Waals surface area contributed by atoms with Gasteiger partial charge in [-0.1, -0.05) is 83.9 Å². The number of primary amides is 1. The van der Waals surface area contributed by atoms with Gasteiger partial charge in [-0.2, -0.15) is 0 Å². The second-order valence-electron chi connectivity index (χ2n) is 10.5. The molecule has 6 nitrogen and oxygen atoms in total. The van der Waals surface area contributed by atoms with E-state index in [9.17, 15) is 9.59 Å². The molecule has 5 rings (SSSR count). The van der Waals surface area contributed by atoms with Crippen molar-refractivity contribution in [3.8, 4) is 11.1 Å². The summed E-state index contributed by atoms with van der Waals surface area (Å²) >= 11 is 12.3. The van der Waals surface area contributed by atoms with Crippen LogP contribution in [0.1, 0.15) is 30.9 Å². The molecule has 1 unspecified atom stereocenters. The van der Waals surface area contributed by atoms with Gasteiger partial charge in [0.1, 0.15) is 0 Å². The van der Waals surface area contributed by atoms with E-state index >= 15 is 0 Å². The lowest BCUT2D eigenvalue weighted by molar-refractivity contribution is -0.122. The van der Waals surface area contributed by atoms with Crippen LogP contribution in [0, 0.1) is 0 Å². The van der Waals surface area contributed by atoms with E-state index in [2.05, 4.69) is 70.9 Å². The third-order valence-corrected chi connectivity index (χ3v) is 8.33. The maximum Gasteiger partial charge on any atom is 0.236 e. The highest BCUT2D eigenvalue weighted by atomic mass is 35.5.